The molecule has 0 amide bonds. The average molecular weight is 598 g/mol. The topological polar surface area (TPSA) is 114 Å². The summed E-state index contributed by atoms with van der Waals surface area (Å²) < 4.78 is 26.1. The number of benzene rings is 2. The van der Waals surface area contributed by atoms with E-state index in [2.05, 4.69) is 34.2 Å². The summed E-state index contributed by atoms with van der Waals surface area (Å²) in [6.45, 7) is 5.77. The molecule has 1 heterocycles. The normalized spacial score (nSPS) is 18.8. The third-order valence-electron chi connectivity index (χ3n) is 7.00. The van der Waals surface area contributed by atoms with Crippen molar-refractivity contribution >= 4 is 27.4 Å². The SMILES string of the molecule is CCCC1CC(=O)C2=C(C1)NC(C)=C(C#N)C2c1cc(Br)c(OCc2cc(F)ccc2[N+](=O)[O-])c(OCC)c1. The van der Waals surface area contributed by atoms with Gasteiger partial charge >= 0.3 is 0 Å². The molecule has 0 aromatic heterocycles. The zero-order valence-electron chi connectivity index (χ0n) is 22.0. The molecule has 0 radical (unpaired) electrons. The highest BCUT2D eigenvalue weighted by Crippen LogP contribution is 2.47. The van der Waals surface area contributed by atoms with E-state index < -0.39 is 16.7 Å². The Morgan fingerprint density at radius 2 is 2.00 bits per heavy atom. The number of carbonyl (C=O) groups excluding carboxylic acids is 1. The fraction of sp³-hybridized carbons (Fsp3) is 0.379. The zero-order valence-corrected chi connectivity index (χ0v) is 23.6. The maximum Gasteiger partial charge on any atom is 0.276 e. The molecule has 8 nitrogen and oxygen atoms in total. The summed E-state index contributed by atoms with van der Waals surface area (Å²) in [6.07, 6.45) is 3.13. The van der Waals surface area contributed by atoms with E-state index in [0.29, 0.717) is 45.7 Å². The van der Waals surface area contributed by atoms with Gasteiger partial charge in [0.2, 0.25) is 0 Å². The third kappa shape index (κ3) is 5.83. The van der Waals surface area contributed by atoms with Crippen LogP contribution in [-0.2, 0) is 11.4 Å². The van der Waals surface area contributed by atoms with E-state index in [-0.39, 0.29) is 35.3 Å². The maximum atomic E-state index is 13.8. The summed E-state index contributed by atoms with van der Waals surface area (Å²) in [5, 5.41) is 24.8. The number of rotatable bonds is 9. The molecule has 0 spiro atoms. The molecule has 0 fully saturated rings. The number of hydrogen-bond donors (Lipinski definition) is 1. The number of halogens is 2. The van der Waals surface area contributed by atoms with E-state index in [4.69, 9.17) is 9.47 Å². The molecule has 0 saturated heterocycles. The quantitative estimate of drug-likeness (QED) is 0.244. The Kier molecular flexibility index (Phi) is 8.70. The lowest BCUT2D eigenvalue weighted by molar-refractivity contribution is -0.385. The van der Waals surface area contributed by atoms with Crippen LogP contribution in [0.2, 0.25) is 0 Å². The van der Waals surface area contributed by atoms with Crippen molar-refractivity contribution in [3.63, 3.8) is 0 Å². The van der Waals surface area contributed by atoms with E-state index in [1.807, 2.05) is 6.92 Å². The number of nitriles is 1. The molecule has 2 atom stereocenters. The zero-order chi connectivity index (χ0) is 28.3. The lowest BCUT2D eigenvalue weighted by Gasteiger charge is -2.35. The van der Waals surface area contributed by atoms with Gasteiger partial charge < -0.3 is 14.8 Å². The summed E-state index contributed by atoms with van der Waals surface area (Å²) in [5.41, 5.74) is 3.12. The molecule has 39 heavy (non-hydrogen) atoms. The van der Waals surface area contributed by atoms with Crippen molar-refractivity contribution in [3.8, 4) is 17.6 Å². The van der Waals surface area contributed by atoms with Gasteiger partial charge in [0.1, 0.15) is 12.4 Å². The summed E-state index contributed by atoms with van der Waals surface area (Å²) in [5.74, 6) is -0.281. The van der Waals surface area contributed by atoms with Crippen LogP contribution in [0.4, 0.5) is 10.1 Å². The van der Waals surface area contributed by atoms with E-state index in [1.165, 1.54) is 0 Å². The largest absolute Gasteiger partial charge is 0.490 e. The monoisotopic (exact) mass is 597 g/mol. The van der Waals surface area contributed by atoms with Crippen molar-refractivity contribution in [2.45, 2.75) is 59.0 Å². The van der Waals surface area contributed by atoms with Crippen molar-refractivity contribution in [2.24, 2.45) is 5.92 Å². The van der Waals surface area contributed by atoms with E-state index in [1.54, 1.807) is 19.1 Å². The number of ether oxygens (including phenoxy) is 2. The van der Waals surface area contributed by atoms with Gasteiger partial charge in [-0.3, -0.25) is 14.9 Å². The highest BCUT2D eigenvalue weighted by Gasteiger charge is 2.39. The van der Waals surface area contributed by atoms with E-state index in [9.17, 15) is 24.6 Å². The Balaban J connectivity index is 1.75. The molecule has 4 rings (SSSR count). The smallest absolute Gasteiger partial charge is 0.276 e. The van der Waals surface area contributed by atoms with Crippen LogP contribution in [0.25, 0.3) is 0 Å². The van der Waals surface area contributed by atoms with Crippen molar-refractivity contribution in [2.75, 3.05) is 6.61 Å². The Hall–Kier alpha value is -3.71. The number of nitrogens with zero attached hydrogens (tertiary/aromatic N) is 2. The first-order valence-electron chi connectivity index (χ1n) is 12.8. The van der Waals surface area contributed by atoms with Crippen LogP contribution in [0.15, 0.2) is 57.3 Å². The summed E-state index contributed by atoms with van der Waals surface area (Å²) in [7, 11) is 0. The van der Waals surface area contributed by atoms with Crippen LogP contribution in [0.1, 0.15) is 63.5 Å². The number of nitro benzene ring substituents is 1. The number of hydrogen-bond acceptors (Lipinski definition) is 7. The summed E-state index contributed by atoms with van der Waals surface area (Å²) >= 11 is 3.53. The maximum absolute atomic E-state index is 13.8. The van der Waals surface area contributed by atoms with Crippen molar-refractivity contribution in [1.82, 2.24) is 5.32 Å². The minimum atomic E-state index is -0.613. The highest BCUT2D eigenvalue weighted by atomic mass is 79.9. The number of nitro groups is 1. The van der Waals surface area contributed by atoms with Gasteiger partial charge in [0.25, 0.3) is 5.69 Å². The fourth-order valence-corrected chi connectivity index (χ4v) is 5.94. The standard InChI is InChI=1S/C29H29BrFN3O5/c1-4-6-17-9-23-28(25(35)10-17)27(21(14-32)16(3)33-23)18-12-22(30)29(26(13-18)38-5-2)39-15-19-11-20(31)7-8-24(19)34(36)37/h7-8,11-13,17,27,33H,4-6,9-10,15H2,1-3H3. The molecule has 2 unspecified atom stereocenters. The van der Waals surface area contributed by atoms with Gasteiger partial charge in [-0.25, -0.2) is 4.39 Å². The molecule has 10 heteroatoms. The lowest BCUT2D eigenvalue weighted by atomic mass is 9.72. The van der Waals surface area contributed by atoms with Gasteiger partial charge in [0, 0.05) is 29.5 Å². The van der Waals surface area contributed by atoms with Crippen LogP contribution in [0.3, 0.4) is 0 Å². The highest BCUT2D eigenvalue weighted by molar-refractivity contribution is 9.10. The van der Waals surface area contributed by atoms with Crippen LogP contribution >= 0.6 is 15.9 Å². The first-order chi connectivity index (χ1) is 18.7. The number of nitrogens with one attached hydrogen (secondary N) is 1. The van der Waals surface area contributed by atoms with Crippen molar-refractivity contribution < 1.29 is 23.6 Å². The Morgan fingerprint density at radius 1 is 1.23 bits per heavy atom. The molecule has 2 aliphatic rings. The molecule has 1 aliphatic carbocycles. The third-order valence-corrected chi connectivity index (χ3v) is 7.59. The number of Topliss-reactive ketones (excluding diaryl/α,β-unsaturated/α-hetero) is 1. The van der Waals surface area contributed by atoms with E-state index >= 15 is 0 Å². The van der Waals surface area contributed by atoms with Gasteiger partial charge in [-0.1, -0.05) is 13.3 Å². The predicted molar refractivity (Wildman–Crippen MR) is 147 cm³/mol. The Bertz CT molecular complexity index is 1430. The number of carbonyl (C=O) groups is 1. The second-order valence-electron chi connectivity index (χ2n) is 9.67. The molecule has 1 N–H and O–H groups in total. The Morgan fingerprint density at radius 3 is 2.67 bits per heavy atom. The van der Waals surface area contributed by atoms with Gasteiger partial charge in [0.15, 0.2) is 17.3 Å². The van der Waals surface area contributed by atoms with Gasteiger partial charge in [0.05, 0.1) is 39.1 Å². The molecular weight excluding hydrogens is 569 g/mol. The summed E-state index contributed by atoms with van der Waals surface area (Å²) in [4.78, 5) is 24.2. The number of dihydropyridines is 1. The first-order valence-corrected chi connectivity index (χ1v) is 13.6. The van der Waals surface area contributed by atoms with Crippen molar-refractivity contribution in [1.29, 1.82) is 5.26 Å². The molecule has 204 valence electrons. The molecule has 0 bridgehead atoms. The lowest BCUT2D eigenvalue weighted by Crippen LogP contribution is -2.34. The van der Waals surface area contributed by atoms with Crippen LogP contribution < -0.4 is 14.8 Å². The number of allylic oxidation sites excluding steroid dienone is 4. The first kappa shape index (κ1) is 28.3. The average Bonchev–Trinajstić information content (AvgIpc) is 2.87. The van der Waals surface area contributed by atoms with Crippen LogP contribution in [-0.4, -0.2) is 17.3 Å². The molecule has 0 saturated carbocycles. The minimum Gasteiger partial charge on any atom is -0.490 e. The summed E-state index contributed by atoms with van der Waals surface area (Å²) in [6, 6.07) is 8.99. The second-order valence-corrected chi connectivity index (χ2v) is 10.5. The molecule has 2 aromatic rings. The van der Waals surface area contributed by atoms with Gasteiger partial charge in [-0.15, -0.1) is 0 Å². The Labute approximate surface area is 234 Å². The fourth-order valence-electron chi connectivity index (χ4n) is 5.37. The molecular formula is C29H29BrFN3O5. The van der Waals surface area contributed by atoms with Crippen molar-refractivity contribution in [3.05, 3.63) is 84.4 Å². The van der Waals surface area contributed by atoms with E-state index in [0.717, 1.165) is 43.2 Å². The minimum absolute atomic E-state index is 0.0280. The predicted octanol–water partition coefficient (Wildman–Crippen LogP) is 6.99. The van der Waals surface area contributed by atoms with Gasteiger partial charge in [-0.2, -0.15) is 5.26 Å². The van der Waals surface area contributed by atoms with Gasteiger partial charge in [-0.05, 0) is 78.4 Å². The molecule has 1 aliphatic heterocycles. The van der Waals surface area contributed by atoms with Crippen LogP contribution in [0.5, 0.6) is 11.5 Å². The van der Waals surface area contributed by atoms with Crippen LogP contribution in [0, 0.1) is 33.2 Å². The second kappa shape index (κ2) is 12.0. The number of ketones is 1. The molecule has 2 aromatic carbocycles.